The first kappa shape index (κ1) is 13.5. The zero-order valence-corrected chi connectivity index (χ0v) is 11.0. The average molecular weight is 250 g/mol. The van der Waals surface area contributed by atoms with Crippen LogP contribution in [0.5, 0.6) is 0 Å². The second-order valence-electron chi connectivity index (χ2n) is 4.56. The first-order chi connectivity index (χ1) is 8.88. The molecule has 0 aliphatic carbocycles. The van der Waals surface area contributed by atoms with Gasteiger partial charge in [0.2, 0.25) is 0 Å². The van der Waals surface area contributed by atoms with Crippen molar-refractivity contribution in [3.05, 3.63) is 29.6 Å². The third kappa shape index (κ3) is 4.37. The molecule has 0 aromatic carbocycles. The van der Waals surface area contributed by atoms with E-state index in [-0.39, 0.29) is 0 Å². The van der Waals surface area contributed by atoms with E-state index in [0.29, 0.717) is 12.7 Å². The highest BCUT2D eigenvalue weighted by molar-refractivity contribution is 5.13. The van der Waals surface area contributed by atoms with Crippen molar-refractivity contribution in [1.29, 1.82) is 0 Å². The van der Waals surface area contributed by atoms with Gasteiger partial charge < -0.3 is 14.8 Å². The molecule has 0 radical (unpaired) electrons. The Morgan fingerprint density at radius 2 is 2.22 bits per heavy atom. The largest absolute Gasteiger partial charge is 0.381 e. The number of nitrogens with one attached hydrogen (secondary N) is 1. The number of ether oxygens (including phenoxy) is 2. The molecule has 1 aliphatic heterocycles. The predicted octanol–water partition coefficient (Wildman–Crippen LogP) is 1.89. The minimum absolute atomic E-state index is 0.335. The lowest BCUT2D eigenvalue weighted by molar-refractivity contribution is -0.0399. The molecule has 1 aromatic rings. The molecule has 1 N–H and O–H groups in total. The van der Waals surface area contributed by atoms with E-state index in [1.165, 1.54) is 5.56 Å². The van der Waals surface area contributed by atoms with Crippen LogP contribution in [0, 0.1) is 0 Å². The normalized spacial score (nSPS) is 16.9. The van der Waals surface area contributed by atoms with Gasteiger partial charge >= 0.3 is 0 Å². The Bertz CT molecular complexity index is 334. The Morgan fingerprint density at radius 1 is 1.39 bits per heavy atom. The lowest BCUT2D eigenvalue weighted by Crippen LogP contribution is -2.23. The van der Waals surface area contributed by atoms with Gasteiger partial charge in [0.15, 0.2) is 0 Å². The molecule has 0 spiro atoms. The standard InChI is InChI=1S/C14H22N2O2/c1-2-15-9-12-3-4-13(16-10-12)11-18-14-5-7-17-8-6-14/h3-4,10,14-15H,2,5-9,11H2,1H3. The van der Waals surface area contributed by atoms with Crippen molar-refractivity contribution in [2.45, 2.75) is 39.0 Å². The van der Waals surface area contributed by atoms with Gasteiger partial charge in [0.05, 0.1) is 18.4 Å². The highest BCUT2D eigenvalue weighted by Crippen LogP contribution is 2.12. The quantitative estimate of drug-likeness (QED) is 0.837. The first-order valence-electron chi connectivity index (χ1n) is 6.72. The van der Waals surface area contributed by atoms with E-state index in [1.54, 1.807) is 0 Å². The summed E-state index contributed by atoms with van der Waals surface area (Å²) in [6.07, 6.45) is 4.25. The molecule has 1 saturated heterocycles. The fourth-order valence-corrected chi connectivity index (χ4v) is 1.96. The summed E-state index contributed by atoms with van der Waals surface area (Å²) in [5.74, 6) is 0. The van der Waals surface area contributed by atoms with Gasteiger partial charge in [0, 0.05) is 26.0 Å². The molecule has 1 fully saturated rings. The van der Waals surface area contributed by atoms with Crippen LogP contribution in [0.3, 0.4) is 0 Å². The molecule has 1 aromatic heterocycles. The molecular formula is C14H22N2O2. The van der Waals surface area contributed by atoms with Crippen molar-refractivity contribution in [3.63, 3.8) is 0 Å². The maximum atomic E-state index is 5.83. The summed E-state index contributed by atoms with van der Waals surface area (Å²) in [6.45, 7) is 6.20. The third-order valence-electron chi connectivity index (χ3n) is 3.10. The molecule has 2 heterocycles. The Hall–Kier alpha value is -0.970. The van der Waals surface area contributed by atoms with Crippen molar-refractivity contribution in [3.8, 4) is 0 Å². The minimum Gasteiger partial charge on any atom is -0.381 e. The molecule has 4 nitrogen and oxygen atoms in total. The number of rotatable bonds is 6. The second-order valence-corrected chi connectivity index (χ2v) is 4.56. The number of nitrogens with zero attached hydrogens (tertiary/aromatic N) is 1. The topological polar surface area (TPSA) is 43.4 Å². The molecule has 18 heavy (non-hydrogen) atoms. The monoisotopic (exact) mass is 250 g/mol. The Labute approximate surface area is 109 Å². The number of pyridine rings is 1. The van der Waals surface area contributed by atoms with E-state index in [0.717, 1.165) is 44.8 Å². The fourth-order valence-electron chi connectivity index (χ4n) is 1.96. The van der Waals surface area contributed by atoms with Crippen molar-refractivity contribution >= 4 is 0 Å². The van der Waals surface area contributed by atoms with Gasteiger partial charge in [-0.3, -0.25) is 4.98 Å². The SMILES string of the molecule is CCNCc1ccc(COC2CCOCC2)nc1. The summed E-state index contributed by atoms with van der Waals surface area (Å²) >= 11 is 0. The van der Waals surface area contributed by atoms with Crippen molar-refractivity contribution in [2.24, 2.45) is 0 Å². The van der Waals surface area contributed by atoms with Crippen molar-refractivity contribution in [1.82, 2.24) is 10.3 Å². The number of hydrogen-bond acceptors (Lipinski definition) is 4. The van der Waals surface area contributed by atoms with Crippen molar-refractivity contribution in [2.75, 3.05) is 19.8 Å². The van der Waals surface area contributed by atoms with Gasteiger partial charge in [-0.1, -0.05) is 13.0 Å². The zero-order chi connectivity index (χ0) is 12.6. The molecule has 2 rings (SSSR count). The van der Waals surface area contributed by atoms with E-state index in [9.17, 15) is 0 Å². The fraction of sp³-hybridized carbons (Fsp3) is 0.643. The van der Waals surface area contributed by atoms with Crippen LogP contribution in [0.1, 0.15) is 31.0 Å². The van der Waals surface area contributed by atoms with Crippen LogP contribution in [0.25, 0.3) is 0 Å². The molecule has 100 valence electrons. The van der Waals surface area contributed by atoms with Crippen molar-refractivity contribution < 1.29 is 9.47 Å². The van der Waals surface area contributed by atoms with E-state index in [2.05, 4.69) is 23.3 Å². The van der Waals surface area contributed by atoms with Crippen LogP contribution < -0.4 is 5.32 Å². The van der Waals surface area contributed by atoms with Gasteiger partial charge in [-0.2, -0.15) is 0 Å². The summed E-state index contributed by atoms with van der Waals surface area (Å²) in [7, 11) is 0. The molecular weight excluding hydrogens is 228 g/mol. The van der Waals surface area contributed by atoms with Crippen LogP contribution >= 0.6 is 0 Å². The van der Waals surface area contributed by atoms with Gasteiger partial charge in [-0.15, -0.1) is 0 Å². The summed E-state index contributed by atoms with van der Waals surface area (Å²) in [5.41, 5.74) is 2.22. The molecule has 0 amide bonds. The molecule has 0 unspecified atom stereocenters. The summed E-state index contributed by atoms with van der Waals surface area (Å²) in [4.78, 5) is 4.42. The molecule has 4 heteroatoms. The number of aromatic nitrogens is 1. The van der Waals surface area contributed by atoms with E-state index in [4.69, 9.17) is 9.47 Å². The van der Waals surface area contributed by atoms with Crippen LogP contribution in [0.2, 0.25) is 0 Å². The van der Waals surface area contributed by atoms with E-state index < -0.39 is 0 Å². The Balaban J connectivity index is 1.75. The Kier molecular flexibility index (Phi) is 5.58. The van der Waals surface area contributed by atoms with Gasteiger partial charge in [0.1, 0.15) is 0 Å². The summed E-state index contributed by atoms with van der Waals surface area (Å²) in [5, 5.41) is 3.28. The Morgan fingerprint density at radius 3 is 2.89 bits per heavy atom. The van der Waals surface area contributed by atoms with Crippen LogP contribution in [0.4, 0.5) is 0 Å². The molecule has 0 atom stereocenters. The zero-order valence-electron chi connectivity index (χ0n) is 11.0. The molecule has 0 bridgehead atoms. The van der Waals surface area contributed by atoms with Gasteiger partial charge in [0.25, 0.3) is 0 Å². The second kappa shape index (κ2) is 7.46. The minimum atomic E-state index is 0.335. The lowest BCUT2D eigenvalue weighted by Gasteiger charge is -2.22. The number of hydrogen-bond donors (Lipinski definition) is 1. The highest BCUT2D eigenvalue weighted by Gasteiger charge is 2.14. The highest BCUT2D eigenvalue weighted by atomic mass is 16.5. The van der Waals surface area contributed by atoms with Crippen LogP contribution in [-0.2, 0) is 22.6 Å². The third-order valence-corrected chi connectivity index (χ3v) is 3.10. The van der Waals surface area contributed by atoms with E-state index in [1.807, 2.05) is 12.3 Å². The van der Waals surface area contributed by atoms with Crippen LogP contribution in [-0.4, -0.2) is 30.8 Å². The molecule has 1 aliphatic rings. The maximum Gasteiger partial charge on any atom is 0.0891 e. The average Bonchev–Trinajstić information content (AvgIpc) is 2.45. The lowest BCUT2D eigenvalue weighted by atomic mass is 10.1. The maximum absolute atomic E-state index is 5.83. The smallest absolute Gasteiger partial charge is 0.0891 e. The van der Waals surface area contributed by atoms with Gasteiger partial charge in [-0.25, -0.2) is 0 Å². The summed E-state index contributed by atoms with van der Waals surface area (Å²) in [6, 6.07) is 4.16. The predicted molar refractivity (Wildman–Crippen MR) is 70.2 cm³/mol. The van der Waals surface area contributed by atoms with E-state index >= 15 is 0 Å². The first-order valence-corrected chi connectivity index (χ1v) is 6.72. The molecule has 0 saturated carbocycles. The summed E-state index contributed by atoms with van der Waals surface area (Å²) < 4.78 is 11.1. The van der Waals surface area contributed by atoms with Gasteiger partial charge in [-0.05, 0) is 31.0 Å². The van der Waals surface area contributed by atoms with Crippen LogP contribution in [0.15, 0.2) is 18.3 Å².